The van der Waals surface area contributed by atoms with E-state index in [0.29, 0.717) is 25.7 Å². The number of likely N-dealkylation sites (tertiary alicyclic amines) is 1. The Hall–Kier alpha value is -3.16. The molecule has 0 aromatic heterocycles. The molecule has 0 radical (unpaired) electrons. The van der Waals surface area contributed by atoms with Crippen LogP contribution in [0.5, 0.6) is 0 Å². The first-order valence-corrected chi connectivity index (χ1v) is 15.2. The van der Waals surface area contributed by atoms with Crippen molar-refractivity contribution in [2.24, 2.45) is 17.6 Å². The third-order valence-corrected chi connectivity index (χ3v) is 6.86. The molecule has 0 bridgehead atoms. The van der Waals surface area contributed by atoms with E-state index < -0.39 is 35.2 Å². The molecule has 6 N–H and O–H groups in total. The topological polar surface area (TPSA) is 197 Å². The molecule has 13 nitrogen and oxygen atoms in total. The number of thiol groups is 1. The number of amides is 7. The van der Waals surface area contributed by atoms with Crippen LogP contribution in [0.3, 0.4) is 0 Å². The summed E-state index contributed by atoms with van der Waals surface area (Å²) in [6.45, 7) is 11.3. The van der Waals surface area contributed by atoms with E-state index >= 15 is 0 Å². The van der Waals surface area contributed by atoms with Crippen molar-refractivity contribution in [2.45, 2.75) is 104 Å². The molecule has 0 saturated carbocycles. The largest absolute Gasteiger partial charge is 0.352 e. The van der Waals surface area contributed by atoms with Crippen molar-refractivity contribution in [1.82, 2.24) is 26.2 Å². The SMILES string of the molecule is CC.CC(C)C(=O)CNC(=O)C(CCCNC(N)=O)NC(=O)C(NC(=O)CCCCCN1C(=O)CC(S)C1=O)C(C)C. The molecule has 0 aliphatic carbocycles. The summed E-state index contributed by atoms with van der Waals surface area (Å²) in [5.41, 5.74) is 5.07. The summed E-state index contributed by atoms with van der Waals surface area (Å²) >= 11 is 4.09. The zero-order valence-corrected chi connectivity index (χ0v) is 26.7. The number of nitrogens with zero attached hydrogens (tertiary/aromatic N) is 1. The van der Waals surface area contributed by atoms with Crippen molar-refractivity contribution < 1.29 is 33.6 Å². The van der Waals surface area contributed by atoms with Crippen LogP contribution in [-0.2, 0) is 28.8 Å². The predicted octanol–water partition coefficient (Wildman–Crippen LogP) is 1.05. The lowest BCUT2D eigenvalue weighted by molar-refractivity contribution is -0.138. The quantitative estimate of drug-likeness (QED) is 0.0753. The zero-order chi connectivity index (χ0) is 32.4. The predicted molar refractivity (Wildman–Crippen MR) is 162 cm³/mol. The summed E-state index contributed by atoms with van der Waals surface area (Å²) in [6, 6.07) is -2.61. The lowest BCUT2D eigenvalue weighted by atomic mass is 10.0. The van der Waals surface area contributed by atoms with Crippen LogP contribution >= 0.6 is 12.6 Å². The number of urea groups is 1. The summed E-state index contributed by atoms with van der Waals surface area (Å²) in [7, 11) is 0. The molecule has 240 valence electrons. The first-order valence-electron chi connectivity index (χ1n) is 14.7. The Kier molecular flexibility index (Phi) is 19.1. The number of rotatable bonds is 18. The van der Waals surface area contributed by atoms with E-state index in [2.05, 4.69) is 33.9 Å². The van der Waals surface area contributed by atoms with Crippen molar-refractivity contribution in [1.29, 1.82) is 0 Å². The Morgan fingerprint density at radius 2 is 1.57 bits per heavy atom. The van der Waals surface area contributed by atoms with Crippen molar-refractivity contribution in [2.75, 3.05) is 19.6 Å². The number of unbranched alkanes of at least 4 members (excludes halogenated alkanes) is 2. The lowest BCUT2D eigenvalue weighted by Gasteiger charge is -2.25. The highest BCUT2D eigenvalue weighted by Gasteiger charge is 2.35. The average Bonchev–Trinajstić information content (AvgIpc) is 3.17. The van der Waals surface area contributed by atoms with Gasteiger partial charge in [-0.2, -0.15) is 12.6 Å². The lowest BCUT2D eigenvalue weighted by Crippen LogP contribution is -2.55. The van der Waals surface area contributed by atoms with Gasteiger partial charge in [0.15, 0.2) is 5.78 Å². The molecule has 3 atom stereocenters. The maximum atomic E-state index is 13.1. The van der Waals surface area contributed by atoms with Crippen molar-refractivity contribution in [3.05, 3.63) is 0 Å². The average molecular weight is 615 g/mol. The van der Waals surface area contributed by atoms with Crippen molar-refractivity contribution in [3.63, 3.8) is 0 Å². The molecule has 42 heavy (non-hydrogen) atoms. The second-order valence-corrected chi connectivity index (χ2v) is 11.2. The Morgan fingerprint density at radius 3 is 2.10 bits per heavy atom. The Morgan fingerprint density at radius 1 is 0.929 bits per heavy atom. The minimum atomic E-state index is -0.992. The summed E-state index contributed by atoms with van der Waals surface area (Å²) in [6.07, 6.45) is 2.42. The van der Waals surface area contributed by atoms with E-state index in [1.165, 1.54) is 4.90 Å². The van der Waals surface area contributed by atoms with E-state index in [4.69, 9.17) is 5.73 Å². The van der Waals surface area contributed by atoms with Crippen LogP contribution in [0.1, 0.15) is 86.5 Å². The minimum absolute atomic E-state index is 0.103. The monoisotopic (exact) mass is 614 g/mol. The van der Waals surface area contributed by atoms with Gasteiger partial charge in [0.1, 0.15) is 12.1 Å². The number of hydrogen-bond acceptors (Lipinski definition) is 8. The molecule has 3 unspecified atom stereocenters. The van der Waals surface area contributed by atoms with Crippen LogP contribution in [0.4, 0.5) is 4.79 Å². The maximum Gasteiger partial charge on any atom is 0.312 e. The van der Waals surface area contributed by atoms with Crippen LogP contribution < -0.4 is 27.0 Å². The first-order chi connectivity index (χ1) is 19.7. The molecule has 1 aliphatic rings. The van der Waals surface area contributed by atoms with Gasteiger partial charge < -0.3 is 27.0 Å². The number of imide groups is 1. The fraction of sp³-hybridized carbons (Fsp3) is 0.750. The summed E-state index contributed by atoms with van der Waals surface area (Å²) in [4.78, 5) is 86.2. The van der Waals surface area contributed by atoms with Gasteiger partial charge in [-0.25, -0.2) is 4.79 Å². The summed E-state index contributed by atoms with van der Waals surface area (Å²) in [5.74, 6) is -2.68. The molecular formula is C28H50N6O7S. The van der Waals surface area contributed by atoms with Gasteiger partial charge in [0.25, 0.3) is 0 Å². The molecule has 0 aromatic rings. The van der Waals surface area contributed by atoms with Crippen LogP contribution in [-0.4, -0.2) is 83.2 Å². The van der Waals surface area contributed by atoms with Crippen LogP contribution in [0.15, 0.2) is 0 Å². The molecule has 14 heteroatoms. The first kappa shape index (κ1) is 38.8. The molecule has 1 rings (SSSR count). The van der Waals surface area contributed by atoms with Crippen LogP contribution in [0.25, 0.3) is 0 Å². The fourth-order valence-electron chi connectivity index (χ4n) is 3.96. The highest BCUT2D eigenvalue weighted by atomic mass is 32.1. The number of nitrogens with one attached hydrogen (secondary N) is 4. The minimum Gasteiger partial charge on any atom is -0.352 e. The second-order valence-electron chi connectivity index (χ2n) is 10.5. The molecule has 1 fully saturated rings. The van der Waals surface area contributed by atoms with Gasteiger partial charge in [-0.15, -0.1) is 0 Å². The Balaban J connectivity index is 0.00000821. The molecule has 1 aliphatic heterocycles. The molecule has 0 aromatic carbocycles. The summed E-state index contributed by atoms with van der Waals surface area (Å²) in [5, 5.41) is 9.77. The van der Waals surface area contributed by atoms with E-state index in [1.807, 2.05) is 13.8 Å². The molecule has 1 saturated heterocycles. The van der Waals surface area contributed by atoms with Crippen LogP contribution in [0, 0.1) is 11.8 Å². The third kappa shape index (κ3) is 14.6. The number of carbonyl (C=O) groups is 7. The number of primary amides is 1. The van der Waals surface area contributed by atoms with E-state index in [9.17, 15) is 33.6 Å². The molecule has 7 amide bonds. The number of hydrogen-bond donors (Lipinski definition) is 6. The number of Topliss-reactive ketones (excluding diaryl/α,β-unsaturated/α-hetero) is 1. The van der Waals surface area contributed by atoms with E-state index in [1.54, 1.807) is 27.7 Å². The number of ketones is 1. The third-order valence-electron chi connectivity index (χ3n) is 6.45. The van der Waals surface area contributed by atoms with E-state index in [-0.39, 0.29) is 74.2 Å². The molecule has 1 heterocycles. The standard InChI is InChI=1S/C26H44N6O7S.C2H6/c1-15(2)18(33)14-29-23(36)17(9-8-11-28-26(27)39)30-24(37)22(16(3)4)31-20(34)10-6-5-7-12-32-21(35)13-19(40)25(32)38;1-2/h15-17,19,22,40H,5-14H2,1-4H3,(H,29,36)(H,30,37)(H,31,34)(H3,27,28,39);1-2H3. The zero-order valence-electron chi connectivity index (χ0n) is 25.8. The van der Waals surface area contributed by atoms with Crippen LogP contribution in [0.2, 0.25) is 0 Å². The Bertz CT molecular complexity index is 944. The highest BCUT2D eigenvalue weighted by Crippen LogP contribution is 2.18. The highest BCUT2D eigenvalue weighted by molar-refractivity contribution is 7.81. The Labute approximate surface area is 254 Å². The number of nitrogens with two attached hydrogens (primary N) is 1. The number of carbonyl (C=O) groups excluding carboxylic acids is 7. The van der Waals surface area contributed by atoms with Crippen molar-refractivity contribution >= 4 is 54.0 Å². The smallest absolute Gasteiger partial charge is 0.312 e. The normalized spacial score (nSPS) is 15.9. The van der Waals surface area contributed by atoms with Gasteiger partial charge in [-0.05, 0) is 31.6 Å². The fourth-order valence-corrected chi connectivity index (χ4v) is 4.26. The van der Waals surface area contributed by atoms with Gasteiger partial charge in [-0.3, -0.25) is 33.7 Å². The second kappa shape index (κ2) is 20.7. The van der Waals surface area contributed by atoms with Gasteiger partial charge in [0.2, 0.25) is 29.5 Å². The van der Waals surface area contributed by atoms with Gasteiger partial charge in [0, 0.05) is 31.8 Å². The summed E-state index contributed by atoms with van der Waals surface area (Å²) < 4.78 is 0. The van der Waals surface area contributed by atoms with Gasteiger partial charge in [0.05, 0.1) is 11.8 Å². The maximum absolute atomic E-state index is 13.1. The van der Waals surface area contributed by atoms with Gasteiger partial charge in [-0.1, -0.05) is 48.0 Å². The van der Waals surface area contributed by atoms with E-state index in [0.717, 1.165) is 0 Å². The van der Waals surface area contributed by atoms with Crippen molar-refractivity contribution in [3.8, 4) is 0 Å². The van der Waals surface area contributed by atoms with Gasteiger partial charge >= 0.3 is 6.03 Å². The molecular weight excluding hydrogens is 564 g/mol. The molecule has 0 spiro atoms.